The molecular formula is C13H14Cl6. The number of hydrogen-bond acceptors (Lipinski definition) is 0. The monoisotopic (exact) mass is 380 g/mol. The molecule has 0 nitrogen and oxygen atoms in total. The first-order chi connectivity index (χ1) is 8.89. The van der Waals surface area contributed by atoms with E-state index in [1.54, 1.807) is 0 Å². The highest BCUT2D eigenvalue weighted by molar-refractivity contribution is 6.67. The van der Waals surface area contributed by atoms with Crippen LogP contribution in [0.25, 0.3) is 0 Å². The van der Waals surface area contributed by atoms with Crippen molar-refractivity contribution in [1.82, 2.24) is 0 Å². The third kappa shape index (κ3) is 5.02. The van der Waals surface area contributed by atoms with Gasteiger partial charge in [0.2, 0.25) is 0 Å². The molecule has 0 amide bonds. The lowest BCUT2D eigenvalue weighted by Crippen LogP contribution is -2.09. The van der Waals surface area contributed by atoms with E-state index < -0.39 is 4.33 Å². The summed E-state index contributed by atoms with van der Waals surface area (Å²) in [6.07, 6.45) is 13.0. The Kier molecular flexibility index (Phi) is 7.98. The minimum absolute atomic E-state index is 0.0394. The van der Waals surface area contributed by atoms with Gasteiger partial charge < -0.3 is 0 Å². The molecule has 0 spiro atoms. The zero-order valence-electron chi connectivity index (χ0n) is 10.2. The Morgan fingerprint density at radius 1 is 0.684 bits per heavy atom. The molecule has 0 saturated heterocycles. The van der Waals surface area contributed by atoms with Crippen LogP contribution < -0.4 is 0 Å². The van der Waals surface area contributed by atoms with Gasteiger partial charge in [0.1, 0.15) is 0 Å². The first-order valence-electron chi connectivity index (χ1n) is 6.03. The van der Waals surface area contributed by atoms with E-state index in [0.29, 0.717) is 0 Å². The van der Waals surface area contributed by atoms with E-state index in [1.165, 1.54) is 38.5 Å². The predicted molar refractivity (Wildman–Crippen MR) is 88.7 cm³/mol. The molecule has 19 heavy (non-hydrogen) atoms. The standard InChI is InChI=1S/C8H14.C5Cl6/c1-2-4-6-8-7-5-3-1;6-1-2(7)4(9)5(10,11)3(1)8/h1-2H,3-8H2;. The van der Waals surface area contributed by atoms with Crippen LogP contribution >= 0.6 is 69.6 Å². The van der Waals surface area contributed by atoms with Gasteiger partial charge in [0.05, 0.1) is 20.1 Å². The van der Waals surface area contributed by atoms with Crippen LogP contribution in [0.1, 0.15) is 38.5 Å². The molecule has 0 bridgehead atoms. The fraction of sp³-hybridized carbons (Fsp3) is 0.538. The lowest BCUT2D eigenvalue weighted by Gasteiger charge is -2.11. The van der Waals surface area contributed by atoms with Gasteiger partial charge in [0.15, 0.2) is 4.33 Å². The molecule has 0 saturated carbocycles. The highest BCUT2D eigenvalue weighted by Crippen LogP contribution is 2.53. The average Bonchev–Trinajstić information content (AvgIpc) is 2.45. The molecule has 2 aliphatic carbocycles. The minimum Gasteiger partial charge on any atom is -0.0888 e. The molecular weight excluding hydrogens is 369 g/mol. The maximum atomic E-state index is 5.68. The first kappa shape index (κ1) is 18.0. The van der Waals surface area contributed by atoms with Gasteiger partial charge in [-0.25, -0.2) is 0 Å². The van der Waals surface area contributed by atoms with Crippen molar-refractivity contribution >= 4 is 69.6 Å². The average molecular weight is 383 g/mol. The summed E-state index contributed by atoms with van der Waals surface area (Å²) in [5.74, 6) is 0. The van der Waals surface area contributed by atoms with E-state index in [9.17, 15) is 0 Å². The molecule has 108 valence electrons. The van der Waals surface area contributed by atoms with Gasteiger partial charge in [0, 0.05) is 0 Å². The summed E-state index contributed by atoms with van der Waals surface area (Å²) in [5.41, 5.74) is 0. The number of rotatable bonds is 0. The first-order valence-corrected chi connectivity index (χ1v) is 8.30. The second-order valence-electron chi connectivity index (χ2n) is 4.29. The highest BCUT2D eigenvalue weighted by atomic mass is 35.5. The quantitative estimate of drug-likeness (QED) is 0.301. The second-order valence-corrected chi connectivity index (χ2v) is 7.13. The zero-order chi connectivity index (χ0) is 14.5. The van der Waals surface area contributed by atoms with Crippen molar-refractivity contribution in [2.75, 3.05) is 0 Å². The summed E-state index contributed by atoms with van der Waals surface area (Å²) in [6.45, 7) is 0. The van der Waals surface area contributed by atoms with Crippen molar-refractivity contribution in [2.45, 2.75) is 42.9 Å². The Labute approximate surface area is 144 Å². The summed E-state index contributed by atoms with van der Waals surface area (Å²) in [6, 6.07) is 0. The lowest BCUT2D eigenvalue weighted by atomic mass is 10.1. The van der Waals surface area contributed by atoms with E-state index in [4.69, 9.17) is 69.6 Å². The third-order valence-corrected chi connectivity index (χ3v) is 5.92. The largest absolute Gasteiger partial charge is 0.191 e. The van der Waals surface area contributed by atoms with Crippen molar-refractivity contribution in [1.29, 1.82) is 0 Å². The number of hydrogen-bond donors (Lipinski definition) is 0. The Bertz CT molecular complexity index is 369. The van der Waals surface area contributed by atoms with E-state index >= 15 is 0 Å². The Morgan fingerprint density at radius 3 is 1.32 bits per heavy atom. The van der Waals surface area contributed by atoms with Crippen molar-refractivity contribution in [3.63, 3.8) is 0 Å². The maximum Gasteiger partial charge on any atom is 0.191 e. The van der Waals surface area contributed by atoms with Crippen molar-refractivity contribution in [3.8, 4) is 0 Å². The molecule has 2 aliphatic rings. The zero-order valence-corrected chi connectivity index (χ0v) is 14.7. The van der Waals surface area contributed by atoms with E-state index in [-0.39, 0.29) is 20.1 Å². The fourth-order valence-corrected chi connectivity index (χ4v) is 3.25. The molecule has 0 unspecified atom stereocenters. The highest BCUT2D eigenvalue weighted by Gasteiger charge is 2.42. The van der Waals surface area contributed by atoms with Crippen molar-refractivity contribution in [3.05, 3.63) is 32.3 Å². The van der Waals surface area contributed by atoms with Crippen molar-refractivity contribution in [2.24, 2.45) is 0 Å². The van der Waals surface area contributed by atoms with Crippen molar-refractivity contribution < 1.29 is 0 Å². The maximum absolute atomic E-state index is 5.68. The number of alkyl halides is 2. The van der Waals surface area contributed by atoms with Crippen LogP contribution in [-0.4, -0.2) is 4.33 Å². The molecule has 2 rings (SSSR count). The van der Waals surface area contributed by atoms with E-state index in [2.05, 4.69) is 12.2 Å². The summed E-state index contributed by atoms with van der Waals surface area (Å²) >= 11 is 33.8. The molecule has 0 aliphatic heterocycles. The molecule has 0 heterocycles. The molecule has 0 fully saturated rings. The molecule has 0 N–H and O–H groups in total. The Morgan fingerprint density at radius 2 is 1.05 bits per heavy atom. The Balaban J connectivity index is 0.000000200. The Hall–Kier alpha value is 0.960. The van der Waals surface area contributed by atoms with Crippen LogP contribution in [0.15, 0.2) is 32.3 Å². The summed E-state index contributed by atoms with van der Waals surface area (Å²) in [5, 5.41) is 0.279. The van der Waals surface area contributed by atoms with E-state index in [0.717, 1.165) is 0 Å². The summed E-state index contributed by atoms with van der Waals surface area (Å²) in [7, 11) is 0. The van der Waals surface area contributed by atoms with Crippen LogP contribution in [-0.2, 0) is 0 Å². The van der Waals surface area contributed by atoms with Crippen LogP contribution in [0.2, 0.25) is 0 Å². The minimum atomic E-state index is -1.47. The van der Waals surface area contributed by atoms with Gasteiger partial charge in [-0.1, -0.05) is 94.6 Å². The molecule has 0 atom stereocenters. The number of halogens is 6. The molecule has 0 aromatic rings. The van der Waals surface area contributed by atoms with Gasteiger partial charge in [-0.05, 0) is 25.7 Å². The van der Waals surface area contributed by atoms with Crippen LogP contribution in [0.4, 0.5) is 0 Å². The van der Waals surface area contributed by atoms with Gasteiger partial charge in [-0.2, -0.15) is 0 Å². The van der Waals surface area contributed by atoms with Crippen LogP contribution in [0.5, 0.6) is 0 Å². The fourth-order valence-electron chi connectivity index (χ4n) is 1.68. The predicted octanol–water partition coefficient (Wildman–Crippen LogP) is 7.45. The molecule has 0 aromatic heterocycles. The SMILES string of the molecule is C1=CCCCCCC1.ClC1=C(Cl)C(Cl)(Cl)C(Cl)=C1Cl. The lowest BCUT2D eigenvalue weighted by molar-refractivity contribution is 0.638. The normalized spacial score (nSPS) is 22.8. The number of allylic oxidation sites excluding steroid dienone is 6. The summed E-state index contributed by atoms with van der Waals surface area (Å²) in [4.78, 5) is 0. The van der Waals surface area contributed by atoms with Gasteiger partial charge >= 0.3 is 0 Å². The van der Waals surface area contributed by atoms with E-state index in [1.807, 2.05) is 0 Å². The summed E-state index contributed by atoms with van der Waals surface area (Å²) < 4.78 is -1.47. The molecule has 6 heteroatoms. The molecule has 0 radical (unpaired) electrons. The van der Waals surface area contributed by atoms with Gasteiger partial charge in [-0.3, -0.25) is 0 Å². The van der Waals surface area contributed by atoms with Gasteiger partial charge in [0.25, 0.3) is 0 Å². The third-order valence-electron chi connectivity index (χ3n) is 2.79. The topological polar surface area (TPSA) is 0 Å². The van der Waals surface area contributed by atoms with Crippen LogP contribution in [0, 0.1) is 0 Å². The van der Waals surface area contributed by atoms with Crippen LogP contribution in [0.3, 0.4) is 0 Å². The van der Waals surface area contributed by atoms with Gasteiger partial charge in [-0.15, -0.1) is 0 Å². The second kappa shape index (κ2) is 8.41. The smallest absolute Gasteiger partial charge is 0.0888 e. The molecule has 0 aromatic carbocycles.